The van der Waals surface area contributed by atoms with E-state index < -0.39 is 12.1 Å². The van der Waals surface area contributed by atoms with E-state index >= 15 is 0 Å². The first-order valence-electron chi connectivity index (χ1n) is 10.0. The molecule has 33 heavy (non-hydrogen) atoms. The molecule has 0 spiro atoms. The molecule has 1 heterocycles. The number of rotatable bonds is 7. The van der Waals surface area contributed by atoms with Gasteiger partial charge in [-0.25, -0.2) is 4.79 Å². The van der Waals surface area contributed by atoms with E-state index in [0.717, 1.165) is 23.4 Å². The van der Waals surface area contributed by atoms with Gasteiger partial charge in [-0.1, -0.05) is 12.1 Å². The number of anilines is 1. The van der Waals surface area contributed by atoms with Gasteiger partial charge < -0.3 is 24.8 Å². The zero-order chi connectivity index (χ0) is 24.6. The van der Waals surface area contributed by atoms with Crippen molar-refractivity contribution in [2.45, 2.75) is 45.5 Å². The van der Waals surface area contributed by atoms with Gasteiger partial charge in [0.15, 0.2) is 5.76 Å². The summed E-state index contributed by atoms with van der Waals surface area (Å²) in [5, 5.41) is 23.4. The van der Waals surface area contributed by atoms with E-state index in [1.54, 1.807) is 0 Å². The smallest absolute Gasteiger partial charge is 0.490 e. The standard InChI is InChI=1S/C21H24N2O3.C2HF3O2/c1-14(2)25-19-6-4-5-16(12-19)11-15(3)22-18-9-7-17(8-10-18)20-13-21(24)23-26-20;3-2(4,5)1(6)7/h4-10,12-15,22H,11H2,1-3H3,(H,23,24);(H,6,7). The Morgan fingerprint density at radius 3 is 2.27 bits per heavy atom. The molecule has 1 atom stereocenters. The average Bonchev–Trinajstić information content (AvgIpc) is 3.14. The summed E-state index contributed by atoms with van der Waals surface area (Å²) < 4.78 is 42.6. The van der Waals surface area contributed by atoms with E-state index in [1.165, 1.54) is 11.6 Å². The lowest BCUT2D eigenvalue weighted by molar-refractivity contribution is -0.192. The predicted molar refractivity (Wildman–Crippen MR) is 116 cm³/mol. The van der Waals surface area contributed by atoms with Crippen molar-refractivity contribution in [3.8, 4) is 23.0 Å². The number of alkyl halides is 3. The fraction of sp³-hybridized carbons (Fsp3) is 0.304. The van der Waals surface area contributed by atoms with Gasteiger partial charge in [0.05, 0.1) is 6.10 Å². The summed E-state index contributed by atoms with van der Waals surface area (Å²) in [6, 6.07) is 17.8. The Morgan fingerprint density at radius 1 is 1.12 bits per heavy atom. The molecule has 0 aliphatic heterocycles. The number of nitrogens with zero attached hydrogens (tertiary/aromatic N) is 1. The molecule has 1 aromatic heterocycles. The molecule has 0 bridgehead atoms. The second-order valence-corrected chi connectivity index (χ2v) is 7.49. The van der Waals surface area contributed by atoms with Gasteiger partial charge in [0.1, 0.15) is 5.75 Å². The first-order valence-corrected chi connectivity index (χ1v) is 10.0. The summed E-state index contributed by atoms with van der Waals surface area (Å²) in [5.74, 6) is -1.42. The Morgan fingerprint density at radius 2 is 1.76 bits per heavy atom. The van der Waals surface area contributed by atoms with Crippen LogP contribution in [0.2, 0.25) is 0 Å². The Hall–Kier alpha value is -3.69. The lowest BCUT2D eigenvalue weighted by atomic mass is 10.1. The quantitative estimate of drug-likeness (QED) is 0.422. The highest BCUT2D eigenvalue weighted by molar-refractivity contribution is 5.73. The summed E-state index contributed by atoms with van der Waals surface area (Å²) in [6.45, 7) is 6.21. The average molecular weight is 466 g/mol. The van der Waals surface area contributed by atoms with Crippen LogP contribution in [0.25, 0.3) is 11.3 Å². The molecule has 7 nitrogen and oxygen atoms in total. The largest absolute Gasteiger partial charge is 0.491 e. The zero-order valence-electron chi connectivity index (χ0n) is 18.3. The molecule has 1 unspecified atom stereocenters. The molecular formula is C23H25F3N2O5. The van der Waals surface area contributed by atoms with Crippen LogP contribution < -0.4 is 10.1 Å². The van der Waals surface area contributed by atoms with Crippen LogP contribution in [0.1, 0.15) is 26.3 Å². The third-order valence-corrected chi connectivity index (χ3v) is 4.13. The number of benzene rings is 2. The fourth-order valence-electron chi connectivity index (χ4n) is 2.84. The third kappa shape index (κ3) is 8.76. The minimum absolute atomic E-state index is 0.112. The van der Waals surface area contributed by atoms with Gasteiger partial charge in [-0.2, -0.15) is 13.2 Å². The van der Waals surface area contributed by atoms with Gasteiger partial charge in [0.2, 0.25) is 0 Å². The molecule has 10 heteroatoms. The Kier molecular flexibility index (Phi) is 8.72. The lowest BCUT2D eigenvalue weighted by Crippen LogP contribution is -2.21. The summed E-state index contributed by atoms with van der Waals surface area (Å²) in [5.41, 5.74) is 3.13. The lowest BCUT2D eigenvalue weighted by Gasteiger charge is -2.17. The highest BCUT2D eigenvalue weighted by Crippen LogP contribution is 2.25. The molecule has 3 rings (SSSR count). The van der Waals surface area contributed by atoms with E-state index in [4.69, 9.17) is 19.2 Å². The van der Waals surface area contributed by atoms with Crippen LogP contribution in [0.5, 0.6) is 11.6 Å². The van der Waals surface area contributed by atoms with Crippen LogP contribution >= 0.6 is 0 Å². The Labute approximate surface area is 188 Å². The van der Waals surface area contributed by atoms with Crippen molar-refractivity contribution >= 4 is 11.7 Å². The summed E-state index contributed by atoms with van der Waals surface area (Å²) >= 11 is 0. The SMILES string of the molecule is CC(Cc1cccc(OC(C)C)c1)Nc1ccc(-c2cc(O)no2)cc1.O=C(O)C(F)(F)F. The van der Waals surface area contributed by atoms with Crippen molar-refractivity contribution in [3.63, 3.8) is 0 Å². The second kappa shape index (κ2) is 11.3. The molecule has 0 aliphatic carbocycles. The van der Waals surface area contributed by atoms with Crippen LogP contribution in [-0.4, -0.2) is 39.7 Å². The van der Waals surface area contributed by atoms with Gasteiger partial charge in [-0.05, 0) is 74.3 Å². The van der Waals surface area contributed by atoms with Crippen molar-refractivity contribution in [2.75, 3.05) is 5.32 Å². The number of aromatic nitrogens is 1. The number of carbonyl (C=O) groups is 1. The summed E-state index contributed by atoms with van der Waals surface area (Å²) in [6.07, 6.45) is -4.02. The molecule has 0 saturated heterocycles. The Bertz CT molecular complexity index is 1030. The van der Waals surface area contributed by atoms with Crippen LogP contribution in [-0.2, 0) is 11.2 Å². The maximum Gasteiger partial charge on any atom is 0.490 e. The zero-order valence-corrected chi connectivity index (χ0v) is 18.3. The number of halogens is 3. The van der Waals surface area contributed by atoms with Crippen molar-refractivity contribution in [1.82, 2.24) is 5.16 Å². The maximum atomic E-state index is 10.6. The highest BCUT2D eigenvalue weighted by Gasteiger charge is 2.38. The van der Waals surface area contributed by atoms with Gasteiger partial charge >= 0.3 is 12.1 Å². The molecule has 3 N–H and O–H groups in total. The second-order valence-electron chi connectivity index (χ2n) is 7.49. The van der Waals surface area contributed by atoms with E-state index in [9.17, 15) is 18.3 Å². The predicted octanol–water partition coefficient (Wildman–Crippen LogP) is 5.51. The first-order chi connectivity index (χ1) is 15.4. The molecule has 0 radical (unpaired) electrons. The molecule has 3 aromatic rings. The fourth-order valence-corrected chi connectivity index (χ4v) is 2.84. The number of nitrogens with one attached hydrogen (secondary N) is 1. The topological polar surface area (TPSA) is 105 Å². The minimum Gasteiger partial charge on any atom is -0.491 e. The minimum atomic E-state index is -5.08. The van der Waals surface area contributed by atoms with Crippen LogP contribution in [0.3, 0.4) is 0 Å². The van der Waals surface area contributed by atoms with Gasteiger partial charge in [-0.3, -0.25) is 0 Å². The van der Waals surface area contributed by atoms with Crippen molar-refractivity contribution < 1.29 is 37.4 Å². The monoisotopic (exact) mass is 466 g/mol. The van der Waals surface area contributed by atoms with Gasteiger partial charge in [-0.15, -0.1) is 0 Å². The van der Waals surface area contributed by atoms with Crippen LogP contribution in [0.15, 0.2) is 59.1 Å². The first kappa shape index (κ1) is 25.6. The number of hydrogen-bond donors (Lipinski definition) is 3. The van der Waals surface area contributed by atoms with E-state index in [-0.39, 0.29) is 18.0 Å². The van der Waals surface area contributed by atoms with Crippen molar-refractivity contribution in [3.05, 3.63) is 60.2 Å². The molecule has 178 valence electrons. The normalized spacial score (nSPS) is 12.0. The van der Waals surface area contributed by atoms with Crippen molar-refractivity contribution in [2.24, 2.45) is 0 Å². The molecular weight excluding hydrogens is 441 g/mol. The third-order valence-electron chi connectivity index (χ3n) is 4.13. The van der Waals surface area contributed by atoms with Gasteiger partial charge in [0, 0.05) is 23.4 Å². The Balaban J connectivity index is 0.000000479. The maximum absolute atomic E-state index is 10.6. The van der Waals surface area contributed by atoms with Crippen LogP contribution in [0, 0.1) is 0 Å². The van der Waals surface area contributed by atoms with Crippen molar-refractivity contribution in [1.29, 1.82) is 0 Å². The number of ether oxygens (including phenoxy) is 1. The molecule has 0 saturated carbocycles. The molecule has 0 amide bonds. The molecule has 2 aromatic carbocycles. The van der Waals surface area contributed by atoms with E-state index in [0.29, 0.717) is 5.76 Å². The number of aliphatic carboxylic acids is 1. The van der Waals surface area contributed by atoms with E-state index in [2.05, 4.69) is 29.5 Å². The summed E-state index contributed by atoms with van der Waals surface area (Å²) in [7, 11) is 0. The molecule has 0 fully saturated rings. The number of aromatic hydroxyl groups is 1. The summed E-state index contributed by atoms with van der Waals surface area (Å²) in [4.78, 5) is 8.90. The van der Waals surface area contributed by atoms with Crippen LogP contribution in [0.4, 0.5) is 18.9 Å². The number of hydrogen-bond acceptors (Lipinski definition) is 6. The highest BCUT2D eigenvalue weighted by atomic mass is 19.4. The number of carboxylic acids is 1. The van der Waals surface area contributed by atoms with E-state index in [1.807, 2.05) is 50.2 Å². The number of carboxylic acid groups (broad SMARTS) is 1. The van der Waals surface area contributed by atoms with Gasteiger partial charge in [0.25, 0.3) is 5.88 Å². The molecule has 0 aliphatic rings.